The number of nitrogens with zero attached hydrogens (tertiary/aromatic N) is 1. The van der Waals surface area contributed by atoms with Crippen LogP contribution >= 0.6 is 0 Å². The highest BCUT2D eigenvalue weighted by Crippen LogP contribution is 2.67. The van der Waals surface area contributed by atoms with E-state index >= 15 is 0 Å². The van der Waals surface area contributed by atoms with Crippen molar-refractivity contribution in [2.45, 2.75) is 104 Å². The molecule has 8 atom stereocenters. The van der Waals surface area contributed by atoms with Gasteiger partial charge >= 0.3 is 5.97 Å². The average Bonchev–Trinajstić information content (AvgIpc) is 3.02. The molecule has 32 heavy (non-hydrogen) atoms. The second-order valence-electron chi connectivity index (χ2n) is 12.8. The van der Waals surface area contributed by atoms with Crippen LogP contribution in [0.25, 0.3) is 0 Å². The van der Waals surface area contributed by atoms with Crippen LogP contribution in [-0.2, 0) is 14.3 Å². The van der Waals surface area contributed by atoms with Crippen LogP contribution in [0, 0.1) is 34.5 Å². The van der Waals surface area contributed by atoms with E-state index in [4.69, 9.17) is 4.74 Å². The molecule has 1 heterocycles. The second-order valence-corrected chi connectivity index (χ2v) is 12.8. The monoisotopic (exact) mass is 509 g/mol. The number of fused-ring (bicyclic) bond motifs is 5. The first kappa shape index (κ1) is 24.7. The molecule has 0 spiro atoms. The largest absolute Gasteiger partial charge is 1.00 e. The predicted molar refractivity (Wildman–Crippen MR) is 121 cm³/mol. The molecule has 0 bridgehead atoms. The van der Waals surface area contributed by atoms with Crippen LogP contribution in [0.5, 0.6) is 0 Å². The van der Waals surface area contributed by atoms with E-state index in [1.54, 1.807) is 6.92 Å². The highest BCUT2D eigenvalue weighted by atomic mass is 79.9. The number of rotatable bonds is 2. The molecule has 5 fully saturated rings. The fourth-order valence-corrected chi connectivity index (χ4v) is 9.55. The van der Waals surface area contributed by atoms with Gasteiger partial charge < -0.3 is 26.2 Å². The third kappa shape index (κ3) is 3.72. The number of esters is 1. The molecule has 0 amide bonds. The zero-order valence-corrected chi connectivity index (χ0v) is 22.3. The van der Waals surface area contributed by atoms with Gasteiger partial charge in [-0.05, 0) is 80.5 Å². The Morgan fingerprint density at radius 3 is 2.41 bits per heavy atom. The normalized spacial score (nSPS) is 47.4. The first-order valence-corrected chi connectivity index (χ1v) is 13.2. The van der Waals surface area contributed by atoms with Crippen molar-refractivity contribution in [2.75, 3.05) is 20.1 Å². The van der Waals surface area contributed by atoms with Crippen LogP contribution < -0.4 is 17.0 Å². The van der Waals surface area contributed by atoms with Gasteiger partial charge in [0.05, 0.1) is 20.1 Å². The van der Waals surface area contributed by atoms with Gasteiger partial charge in [0.1, 0.15) is 11.8 Å². The molecule has 1 aliphatic heterocycles. The SMILES string of the molecule is CC(=O)O[C@H]1[C@@H]([N+]2(C)CCCCC2)C[C@H]2[C@@H]3CC[C@H]4CC(=O)CC[C@]4(C)[C@H]3CC[C@@]21C.[Br-]. The van der Waals surface area contributed by atoms with Gasteiger partial charge in [0.2, 0.25) is 0 Å². The summed E-state index contributed by atoms with van der Waals surface area (Å²) in [6.07, 6.45) is 12.9. The fraction of sp³-hybridized carbons (Fsp3) is 0.926. The van der Waals surface area contributed by atoms with E-state index in [1.807, 2.05) is 0 Å². The molecular formula is C27H44BrNO3. The maximum atomic E-state index is 12.2. The van der Waals surface area contributed by atoms with Crippen LogP contribution in [-0.4, -0.2) is 48.5 Å². The molecule has 4 aliphatic carbocycles. The van der Waals surface area contributed by atoms with Gasteiger partial charge in [-0.25, -0.2) is 0 Å². The van der Waals surface area contributed by atoms with Gasteiger partial charge in [0, 0.05) is 31.6 Å². The summed E-state index contributed by atoms with van der Waals surface area (Å²) in [5, 5.41) is 0. The number of quaternary nitrogens is 1. The molecule has 4 nitrogen and oxygen atoms in total. The minimum atomic E-state index is -0.0935. The van der Waals surface area contributed by atoms with Crippen molar-refractivity contribution in [3.05, 3.63) is 0 Å². The van der Waals surface area contributed by atoms with Crippen molar-refractivity contribution in [3.63, 3.8) is 0 Å². The predicted octanol–water partition coefficient (Wildman–Crippen LogP) is 2.14. The number of halogens is 1. The number of ether oxygens (including phenoxy) is 1. The van der Waals surface area contributed by atoms with Crippen LogP contribution in [0.2, 0.25) is 0 Å². The van der Waals surface area contributed by atoms with Crippen molar-refractivity contribution in [2.24, 2.45) is 34.5 Å². The van der Waals surface area contributed by atoms with E-state index in [9.17, 15) is 9.59 Å². The number of hydrogen-bond donors (Lipinski definition) is 0. The summed E-state index contributed by atoms with van der Waals surface area (Å²) in [4.78, 5) is 24.4. The number of carbonyl (C=O) groups excluding carboxylic acids is 2. The molecule has 5 aliphatic rings. The zero-order chi connectivity index (χ0) is 22.0. The Kier molecular flexibility index (Phi) is 6.68. The molecule has 0 aromatic rings. The maximum absolute atomic E-state index is 12.2. The summed E-state index contributed by atoms with van der Waals surface area (Å²) < 4.78 is 7.35. The smallest absolute Gasteiger partial charge is 0.303 e. The molecule has 1 saturated heterocycles. The third-order valence-corrected chi connectivity index (χ3v) is 11.3. The Balaban J connectivity index is 0.00000245. The van der Waals surface area contributed by atoms with E-state index < -0.39 is 0 Å². The lowest BCUT2D eigenvalue weighted by molar-refractivity contribution is -0.940. The zero-order valence-electron chi connectivity index (χ0n) is 20.7. The fourth-order valence-electron chi connectivity index (χ4n) is 9.55. The minimum Gasteiger partial charge on any atom is -1.00 e. The summed E-state index contributed by atoms with van der Waals surface area (Å²) in [5.74, 6) is 3.16. The Morgan fingerprint density at radius 2 is 1.72 bits per heavy atom. The van der Waals surface area contributed by atoms with Crippen molar-refractivity contribution in [3.8, 4) is 0 Å². The van der Waals surface area contributed by atoms with Crippen LogP contribution in [0.1, 0.15) is 91.4 Å². The van der Waals surface area contributed by atoms with Crippen LogP contribution in [0.4, 0.5) is 0 Å². The van der Waals surface area contributed by atoms with Gasteiger partial charge in [-0.1, -0.05) is 13.8 Å². The number of likely N-dealkylation sites (N-methyl/N-ethyl adjacent to an activating group) is 1. The van der Waals surface area contributed by atoms with Gasteiger partial charge in [-0.2, -0.15) is 0 Å². The van der Waals surface area contributed by atoms with Gasteiger partial charge in [-0.3, -0.25) is 9.59 Å². The number of likely N-dealkylation sites (tertiary alicyclic amines) is 1. The molecule has 5 rings (SSSR count). The van der Waals surface area contributed by atoms with Crippen molar-refractivity contribution in [1.29, 1.82) is 0 Å². The highest BCUT2D eigenvalue weighted by Gasteiger charge is 2.66. The lowest BCUT2D eigenvalue weighted by Crippen LogP contribution is -3.00. The van der Waals surface area contributed by atoms with Crippen molar-refractivity contribution in [1.82, 2.24) is 0 Å². The van der Waals surface area contributed by atoms with E-state index in [0.717, 1.165) is 35.6 Å². The maximum Gasteiger partial charge on any atom is 0.303 e. The molecule has 5 heteroatoms. The molecule has 0 unspecified atom stereocenters. The molecule has 0 aromatic heterocycles. The van der Waals surface area contributed by atoms with E-state index in [0.29, 0.717) is 29.1 Å². The van der Waals surface area contributed by atoms with Gasteiger partial charge in [0.15, 0.2) is 6.10 Å². The Bertz CT molecular complexity index is 749. The second kappa shape index (κ2) is 8.66. The lowest BCUT2D eigenvalue weighted by Gasteiger charge is -2.59. The number of hydrogen-bond acceptors (Lipinski definition) is 3. The summed E-state index contributed by atoms with van der Waals surface area (Å²) in [5.41, 5.74) is 0.459. The number of piperidine rings is 1. The van der Waals surface area contributed by atoms with Gasteiger partial charge in [-0.15, -0.1) is 0 Å². The first-order chi connectivity index (χ1) is 14.7. The van der Waals surface area contributed by atoms with Gasteiger partial charge in [0.25, 0.3) is 0 Å². The van der Waals surface area contributed by atoms with E-state index in [2.05, 4.69) is 20.9 Å². The summed E-state index contributed by atoms with van der Waals surface area (Å²) in [7, 11) is 2.45. The lowest BCUT2D eigenvalue weighted by atomic mass is 9.45. The first-order valence-electron chi connectivity index (χ1n) is 13.2. The number of Topliss-reactive ketones (excluding diaryl/α,β-unsaturated/α-hetero) is 1. The summed E-state index contributed by atoms with van der Waals surface area (Å²) in [6.45, 7) is 9.08. The summed E-state index contributed by atoms with van der Waals surface area (Å²) >= 11 is 0. The topological polar surface area (TPSA) is 43.4 Å². The Hall–Kier alpha value is -0.420. The molecule has 0 N–H and O–H groups in total. The molecule has 0 aromatic carbocycles. The Morgan fingerprint density at radius 1 is 1.00 bits per heavy atom. The van der Waals surface area contributed by atoms with Crippen molar-refractivity contribution < 1.29 is 35.8 Å². The third-order valence-electron chi connectivity index (χ3n) is 11.3. The number of ketones is 1. The van der Waals surface area contributed by atoms with Crippen LogP contribution in [0.3, 0.4) is 0 Å². The molecule has 0 radical (unpaired) electrons. The van der Waals surface area contributed by atoms with E-state index in [1.165, 1.54) is 64.5 Å². The quantitative estimate of drug-likeness (QED) is 0.423. The van der Waals surface area contributed by atoms with E-state index in [-0.39, 0.29) is 34.5 Å². The molecule has 182 valence electrons. The van der Waals surface area contributed by atoms with Crippen LogP contribution in [0.15, 0.2) is 0 Å². The average molecular weight is 511 g/mol. The van der Waals surface area contributed by atoms with Crippen molar-refractivity contribution >= 4 is 11.8 Å². The molecule has 4 saturated carbocycles. The number of carbonyl (C=O) groups is 2. The Labute approximate surface area is 205 Å². The molecular weight excluding hydrogens is 466 g/mol. The standard InChI is InChI=1S/C27H44NO3.BrH/c1-18(29)31-25-24(28(4)14-6-5-7-15-28)17-23-21-9-8-19-16-20(30)10-12-26(19,2)22(21)11-13-27(23,25)3;/h19,21-25H,5-17H2,1-4H3;1H/q+1;/p-1/t19-,21+,22-,23-,24-,25-,26-,27-;/m0./s1. The summed E-state index contributed by atoms with van der Waals surface area (Å²) in [6, 6.07) is 0.455. The highest BCUT2D eigenvalue weighted by molar-refractivity contribution is 5.79. The minimum absolute atomic E-state index is 0.